The zero-order valence-corrected chi connectivity index (χ0v) is 14.2. The van der Waals surface area contributed by atoms with Crippen LogP contribution in [0.4, 0.5) is 0 Å². The number of ketones is 1. The van der Waals surface area contributed by atoms with Crippen molar-refractivity contribution in [3.63, 3.8) is 0 Å². The molecule has 0 aromatic heterocycles. The molecule has 6 atom stereocenters. The van der Waals surface area contributed by atoms with Gasteiger partial charge in [0.2, 0.25) is 0 Å². The molecule has 0 radical (unpaired) electrons. The lowest BCUT2D eigenvalue weighted by molar-refractivity contribution is -0.231. The molecule has 0 saturated carbocycles. The van der Waals surface area contributed by atoms with Crippen molar-refractivity contribution in [1.29, 1.82) is 0 Å². The summed E-state index contributed by atoms with van der Waals surface area (Å²) in [5.74, 6) is 0.286. The van der Waals surface area contributed by atoms with Gasteiger partial charge in [-0.1, -0.05) is 13.8 Å². The topological polar surface area (TPSA) is 125 Å². The maximum atomic E-state index is 12.8. The fourth-order valence-electron chi connectivity index (χ4n) is 4.95. The molecule has 4 saturated heterocycles. The molecule has 24 heavy (non-hydrogen) atoms. The third-order valence-electron chi connectivity index (χ3n) is 6.16. The van der Waals surface area contributed by atoms with E-state index in [1.54, 1.807) is 0 Å². The average Bonchev–Trinajstić information content (AvgIpc) is 2.55. The first kappa shape index (κ1) is 18.2. The van der Waals surface area contributed by atoms with Crippen molar-refractivity contribution >= 4 is 5.78 Å². The highest BCUT2D eigenvalue weighted by Crippen LogP contribution is 2.50. The van der Waals surface area contributed by atoms with Crippen molar-refractivity contribution < 1.29 is 30.3 Å². The van der Waals surface area contributed by atoms with Crippen LogP contribution in [0.15, 0.2) is 0 Å². The number of carbonyl (C=O) groups is 1. The van der Waals surface area contributed by atoms with Gasteiger partial charge >= 0.3 is 0 Å². The molecule has 8 heteroatoms. The highest BCUT2D eigenvalue weighted by Gasteiger charge is 2.64. The Balaban J connectivity index is 1.82. The Hall–Kier alpha value is -0.610. The van der Waals surface area contributed by atoms with Gasteiger partial charge in [-0.15, -0.1) is 0 Å². The lowest BCUT2D eigenvalue weighted by atomic mass is 9.60. The highest BCUT2D eigenvalue weighted by atomic mass is 16.4. The first-order chi connectivity index (χ1) is 11.2. The molecule has 4 heterocycles. The van der Waals surface area contributed by atoms with Crippen LogP contribution in [0.1, 0.15) is 20.3 Å². The molecular weight excluding hydrogens is 316 g/mol. The first-order valence-electron chi connectivity index (χ1n) is 8.55. The third-order valence-corrected chi connectivity index (χ3v) is 6.16. The van der Waals surface area contributed by atoms with E-state index in [-0.39, 0.29) is 5.78 Å². The van der Waals surface area contributed by atoms with E-state index in [0.717, 1.165) is 6.42 Å². The van der Waals surface area contributed by atoms with Crippen LogP contribution in [0.3, 0.4) is 0 Å². The lowest BCUT2D eigenvalue weighted by Gasteiger charge is -2.66. The predicted molar refractivity (Wildman–Crippen MR) is 83.9 cm³/mol. The number of nitrogens with zero attached hydrogens (tertiary/aromatic N) is 2. The van der Waals surface area contributed by atoms with Crippen molar-refractivity contribution in [3.05, 3.63) is 0 Å². The second-order valence-corrected chi connectivity index (χ2v) is 7.97. The van der Waals surface area contributed by atoms with Crippen molar-refractivity contribution in [2.75, 3.05) is 32.8 Å². The second-order valence-electron chi connectivity index (χ2n) is 7.97. The maximum absolute atomic E-state index is 12.8. The van der Waals surface area contributed by atoms with Crippen LogP contribution in [0.5, 0.6) is 0 Å². The van der Waals surface area contributed by atoms with Gasteiger partial charge in [0.25, 0.3) is 0 Å². The van der Waals surface area contributed by atoms with Gasteiger partial charge < -0.3 is 25.5 Å². The molecule has 2 unspecified atom stereocenters. The molecule has 4 rings (SSSR count). The van der Waals surface area contributed by atoms with Crippen molar-refractivity contribution in [2.24, 2.45) is 10.8 Å². The van der Waals surface area contributed by atoms with Crippen molar-refractivity contribution in [2.45, 2.75) is 50.8 Å². The van der Waals surface area contributed by atoms with Gasteiger partial charge in [0.1, 0.15) is 30.2 Å². The minimum Gasteiger partial charge on any atom is -0.394 e. The molecule has 0 amide bonds. The Kier molecular flexibility index (Phi) is 4.53. The van der Waals surface area contributed by atoms with Gasteiger partial charge in [-0.25, -0.2) is 0 Å². The summed E-state index contributed by atoms with van der Waals surface area (Å²) in [5, 5.41) is 49.1. The Morgan fingerprint density at radius 1 is 1.08 bits per heavy atom. The van der Waals surface area contributed by atoms with Crippen LogP contribution in [-0.4, -0.2) is 104 Å². The van der Waals surface area contributed by atoms with Gasteiger partial charge in [0, 0.05) is 26.2 Å². The zero-order chi connectivity index (χ0) is 17.9. The van der Waals surface area contributed by atoms with Gasteiger partial charge in [-0.2, -0.15) is 0 Å². The minimum absolute atomic E-state index is 0.286. The Bertz CT molecular complexity index is 499. The second kappa shape index (κ2) is 5.98. The van der Waals surface area contributed by atoms with Crippen LogP contribution in [0.2, 0.25) is 0 Å². The smallest absolute Gasteiger partial charge is 0.150 e. The number of piperidine rings is 2. The van der Waals surface area contributed by atoms with Crippen LogP contribution < -0.4 is 0 Å². The molecule has 0 spiro atoms. The third kappa shape index (κ3) is 2.44. The summed E-state index contributed by atoms with van der Waals surface area (Å²) in [4.78, 5) is 16.8. The van der Waals surface area contributed by atoms with E-state index in [1.807, 2.05) is 23.6 Å². The van der Waals surface area contributed by atoms with Crippen LogP contribution in [0.25, 0.3) is 0 Å². The van der Waals surface area contributed by atoms with Gasteiger partial charge in [-0.05, 0) is 6.42 Å². The number of aliphatic hydroxyl groups is 5. The summed E-state index contributed by atoms with van der Waals surface area (Å²) in [6.07, 6.45) is -5.84. The van der Waals surface area contributed by atoms with Crippen molar-refractivity contribution in [1.82, 2.24) is 9.80 Å². The number of aliphatic hydroxyl groups excluding tert-OH is 5. The molecule has 4 aliphatic rings. The van der Waals surface area contributed by atoms with Gasteiger partial charge in [0.05, 0.1) is 23.6 Å². The Morgan fingerprint density at radius 2 is 1.62 bits per heavy atom. The molecule has 4 fully saturated rings. The van der Waals surface area contributed by atoms with Gasteiger partial charge in [-0.3, -0.25) is 14.6 Å². The molecule has 138 valence electrons. The maximum Gasteiger partial charge on any atom is 0.150 e. The summed E-state index contributed by atoms with van der Waals surface area (Å²) < 4.78 is 0. The van der Waals surface area contributed by atoms with E-state index in [0.29, 0.717) is 26.2 Å². The Morgan fingerprint density at radius 3 is 2.08 bits per heavy atom. The van der Waals surface area contributed by atoms with Crippen molar-refractivity contribution in [3.8, 4) is 0 Å². The van der Waals surface area contributed by atoms with E-state index < -0.39 is 48.0 Å². The van der Waals surface area contributed by atoms with E-state index in [4.69, 9.17) is 5.11 Å². The van der Waals surface area contributed by atoms with Crippen LogP contribution in [0, 0.1) is 10.8 Å². The summed E-state index contributed by atoms with van der Waals surface area (Å²) in [6, 6.07) is 0. The summed E-state index contributed by atoms with van der Waals surface area (Å²) in [7, 11) is 0. The highest BCUT2D eigenvalue weighted by molar-refractivity contribution is 5.93. The Labute approximate surface area is 141 Å². The molecule has 0 aromatic rings. The summed E-state index contributed by atoms with van der Waals surface area (Å²) in [6.45, 7) is 5.33. The van der Waals surface area contributed by atoms with Gasteiger partial charge in [0.15, 0.2) is 0 Å². The summed E-state index contributed by atoms with van der Waals surface area (Å²) >= 11 is 0. The molecule has 0 aliphatic carbocycles. The average molecular weight is 344 g/mol. The molecule has 0 aromatic carbocycles. The SMILES string of the molecule is CCC12CN3CC(C)(CN(C1)C3[C@H](O)[C@H](O)[C@H](O)[C@@H](O)CO)C2=O. The normalized spacial score (nSPS) is 46.0. The number of Topliss-reactive ketones (excluding diaryl/α,β-unsaturated/α-hetero) is 1. The molecule has 8 nitrogen and oxygen atoms in total. The number of hydrogen-bond acceptors (Lipinski definition) is 8. The monoisotopic (exact) mass is 344 g/mol. The lowest BCUT2D eigenvalue weighted by Crippen LogP contribution is -2.81. The minimum atomic E-state index is -1.64. The fourth-order valence-corrected chi connectivity index (χ4v) is 4.95. The van der Waals surface area contributed by atoms with E-state index in [2.05, 4.69) is 0 Å². The zero-order valence-electron chi connectivity index (χ0n) is 14.2. The fraction of sp³-hybridized carbons (Fsp3) is 0.938. The summed E-state index contributed by atoms with van der Waals surface area (Å²) in [5.41, 5.74) is -0.910. The largest absolute Gasteiger partial charge is 0.394 e. The molecule has 4 aliphatic heterocycles. The van der Waals surface area contributed by atoms with E-state index in [9.17, 15) is 25.2 Å². The van der Waals surface area contributed by atoms with E-state index in [1.165, 1.54) is 0 Å². The quantitative estimate of drug-likeness (QED) is 0.354. The number of carbonyl (C=O) groups excluding carboxylic acids is 1. The molecular formula is C16H28N2O6. The molecule has 4 bridgehead atoms. The van der Waals surface area contributed by atoms with E-state index >= 15 is 0 Å². The first-order valence-corrected chi connectivity index (χ1v) is 8.55. The number of rotatable bonds is 6. The number of hydrogen-bond donors (Lipinski definition) is 5. The molecule has 5 N–H and O–H groups in total. The van der Waals surface area contributed by atoms with Crippen LogP contribution in [-0.2, 0) is 4.79 Å². The predicted octanol–water partition coefficient (Wildman–Crippen LogP) is -2.63. The standard InChI is InChI=1S/C16H28N2O6/c1-3-16-7-17-5-15(2,14(16)24)6-18(8-16)13(17)12(23)11(22)10(21)9(20)4-19/h9-13,19-23H,3-8H2,1-2H3/t9-,10+,11+,12+,13?,15?,16?/m0/s1. The van der Waals surface area contributed by atoms with Crippen LogP contribution >= 0.6 is 0 Å².